The Labute approximate surface area is 181 Å². The van der Waals surface area contributed by atoms with Crippen molar-refractivity contribution in [2.24, 2.45) is 22.7 Å². The minimum atomic E-state index is -3.28. The number of hydrogen-bond acceptors (Lipinski definition) is 3. The first-order valence-electron chi connectivity index (χ1n) is 11.2. The normalized spacial score (nSPS) is 36.9. The Morgan fingerprint density at radius 3 is 2.40 bits per heavy atom. The number of nitrogens with one attached hydrogen (secondary N) is 2. The lowest BCUT2D eigenvalue weighted by atomic mass is 9.42. The molecule has 6 heteroatoms. The predicted molar refractivity (Wildman–Crippen MR) is 121 cm³/mol. The molecule has 1 aromatic carbocycles. The second-order valence-corrected chi connectivity index (χ2v) is 12.9. The molecule has 4 rings (SSSR count). The number of hydrogen-bond donors (Lipinski definition) is 2. The summed E-state index contributed by atoms with van der Waals surface area (Å²) in [5, 5.41) is 3.23. The molecule has 0 saturated heterocycles. The summed E-state index contributed by atoms with van der Waals surface area (Å²) in [5.41, 5.74) is 3.73. The molecule has 5 atom stereocenters. The summed E-state index contributed by atoms with van der Waals surface area (Å²) in [7, 11) is -3.28. The van der Waals surface area contributed by atoms with Gasteiger partial charge in [-0.15, -0.1) is 0 Å². The molecule has 166 valence electrons. The van der Waals surface area contributed by atoms with E-state index in [1.807, 2.05) is 12.1 Å². The minimum absolute atomic E-state index is 0.0534. The van der Waals surface area contributed by atoms with Crippen molar-refractivity contribution in [3.05, 3.63) is 29.3 Å². The lowest BCUT2D eigenvalue weighted by Gasteiger charge is -2.63. The second-order valence-electron chi connectivity index (χ2n) is 11.1. The van der Waals surface area contributed by atoms with Gasteiger partial charge in [-0.3, -0.25) is 9.52 Å². The lowest BCUT2D eigenvalue weighted by molar-refractivity contribution is -0.131. The van der Waals surface area contributed by atoms with Crippen LogP contribution in [0.25, 0.3) is 0 Å². The molecule has 1 aromatic rings. The van der Waals surface area contributed by atoms with Crippen LogP contribution in [0.1, 0.15) is 71.4 Å². The molecule has 0 bridgehead atoms. The first-order chi connectivity index (χ1) is 13.8. The zero-order valence-corrected chi connectivity index (χ0v) is 19.9. The van der Waals surface area contributed by atoms with Gasteiger partial charge in [0, 0.05) is 18.7 Å². The minimum Gasteiger partial charge on any atom is -0.353 e. The number of benzene rings is 1. The number of sulfonamides is 1. The second kappa shape index (κ2) is 6.72. The van der Waals surface area contributed by atoms with Gasteiger partial charge in [-0.25, -0.2) is 8.42 Å². The van der Waals surface area contributed by atoms with Crippen LogP contribution in [0.2, 0.25) is 0 Å². The van der Waals surface area contributed by atoms with Crippen LogP contribution in [0.4, 0.5) is 5.69 Å². The van der Waals surface area contributed by atoms with Crippen molar-refractivity contribution in [1.29, 1.82) is 0 Å². The smallest absolute Gasteiger partial charge is 0.229 e. The Morgan fingerprint density at radius 2 is 1.77 bits per heavy atom. The average Bonchev–Trinajstić information content (AvgIpc) is 2.89. The van der Waals surface area contributed by atoms with Gasteiger partial charge in [-0.1, -0.05) is 33.8 Å². The van der Waals surface area contributed by atoms with Gasteiger partial charge in [-0.05, 0) is 83.4 Å². The topological polar surface area (TPSA) is 75.3 Å². The van der Waals surface area contributed by atoms with E-state index in [4.69, 9.17) is 0 Å². The maximum atomic E-state index is 11.8. The molecule has 0 radical (unpaired) electrons. The first-order valence-corrected chi connectivity index (χ1v) is 13.0. The highest BCUT2D eigenvalue weighted by Gasteiger charge is 2.62. The molecule has 3 aliphatic carbocycles. The van der Waals surface area contributed by atoms with E-state index in [1.165, 1.54) is 17.4 Å². The van der Waals surface area contributed by atoms with Crippen LogP contribution in [-0.4, -0.2) is 26.6 Å². The van der Waals surface area contributed by atoms with Crippen LogP contribution in [-0.2, 0) is 26.7 Å². The zero-order valence-electron chi connectivity index (χ0n) is 19.1. The summed E-state index contributed by atoms with van der Waals surface area (Å²) >= 11 is 0. The predicted octanol–water partition coefficient (Wildman–Crippen LogP) is 4.23. The van der Waals surface area contributed by atoms with E-state index in [9.17, 15) is 13.2 Å². The quantitative estimate of drug-likeness (QED) is 0.751. The van der Waals surface area contributed by atoms with Gasteiger partial charge < -0.3 is 5.32 Å². The van der Waals surface area contributed by atoms with Crippen molar-refractivity contribution in [2.75, 3.05) is 11.0 Å². The average molecular weight is 433 g/mol. The number of carbonyl (C=O) groups excluding carboxylic acids is 1. The Morgan fingerprint density at radius 1 is 1.07 bits per heavy atom. The molecule has 1 amide bonds. The third-order valence-electron chi connectivity index (χ3n) is 8.91. The van der Waals surface area contributed by atoms with E-state index in [0.717, 1.165) is 32.1 Å². The van der Waals surface area contributed by atoms with E-state index in [-0.39, 0.29) is 28.2 Å². The highest BCUT2D eigenvalue weighted by atomic mass is 32.2. The summed E-state index contributed by atoms with van der Waals surface area (Å²) in [6, 6.07) is 6.35. The molecular weight excluding hydrogens is 396 g/mol. The fourth-order valence-corrected chi connectivity index (χ4v) is 8.22. The molecule has 2 fully saturated rings. The Bertz CT molecular complexity index is 986. The zero-order chi connectivity index (χ0) is 22.1. The molecule has 3 aliphatic rings. The van der Waals surface area contributed by atoms with Gasteiger partial charge in [-0.2, -0.15) is 0 Å². The monoisotopic (exact) mass is 432 g/mol. The number of rotatable bonds is 3. The van der Waals surface area contributed by atoms with E-state index >= 15 is 0 Å². The van der Waals surface area contributed by atoms with Crippen molar-refractivity contribution >= 4 is 21.6 Å². The molecule has 2 N–H and O–H groups in total. The summed E-state index contributed by atoms with van der Waals surface area (Å²) in [5.74, 6) is 1.15. The largest absolute Gasteiger partial charge is 0.353 e. The molecular formula is C24H36N2O3S. The van der Waals surface area contributed by atoms with Gasteiger partial charge >= 0.3 is 0 Å². The molecule has 0 spiro atoms. The van der Waals surface area contributed by atoms with E-state index in [1.54, 1.807) is 6.92 Å². The van der Waals surface area contributed by atoms with Crippen LogP contribution in [0.15, 0.2) is 18.2 Å². The molecule has 5 nitrogen and oxygen atoms in total. The summed E-state index contributed by atoms with van der Waals surface area (Å²) in [6.45, 7) is 11.2. The molecule has 2 saturated carbocycles. The van der Waals surface area contributed by atoms with E-state index in [2.05, 4.69) is 43.8 Å². The van der Waals surface area contributed by atoms with Crippen molar-refractivity contribution < 1.29 is 13.2 Å². The molecule has 30 heavy (non-hydrogen) atoms. The van der Waals surface area contributed by atoms with Crippen LogP contribution < -0.4 is 10.0 Å². The summed E-state index contributed by atoms with van der Waals surface area (Å²) in [6.07, 6.45) is 6.63. The summed E-state index contributed by atoms with van der Waals surface area (Å²) < 4.78 is 26.0. The standard InChI is InChI=1S/C24H36N2O3S/c1-15(27)25-21-10-12-24(5)19(22(21,2)3)9-11-23(4)18-8-7-17(26-30(6,28)29)13-16(18)14-20(23)24/h7-8,13,19-21,26H,9-12,14H2,1-6H3,(H,25,27). The number of carbonyl (C=O) groups is 1. The SMILES string of the molecule is CC(=O)NC1CCC2(C)C3Cc4cc(NS(C)(=O)=O)ccc4C3(C)CCC2C1(C)C. The summed E-state index contributed by atoms with van der Waals surface area (Å²) in [4.78, 5) is 11.8. The van der Waals surface area contributed by atoms with Gasteiger partial charge in [0.1, 0.15) is 0 Å². The lowest BCUT2D eigenvalue weighted by Crippen LogP contribution is -2.61. The van der Waals surface area contributed by atoms with Crippen LogP contribution in [0, 0.1) is 22.7 Å². The number of amides is 1. The fraction of sp³-hybridized carbons (Fsp3) is 0.708. The van der Waals surface area contributed by atoms with Crippen molar-refractivity contribution in [3.8, 4) is 0 Å². The van der Waals surface area contributed by atoms with Gasteiger partial charge in [0.15, 0.2) is 0 Å². The van der Waals surface area contributed by atoms with Gasteiger partial charge in [0.05, 0.1) is 6.26 Å². The van der Waals surface area contributed by atoms with E-state index < -0.39 is 10.0 Å². The van der Waals surface area contributed by atoms with Crippen molar-refractivity contribution in [1.82, 2.24) is 5.32 Å². The number of anilines is 1. The van der Waals surface area contributed by atoms with Crippen molar-refractivity contribution in [3.63, 3.8) is 0 Å². The van der Waals surface area contributed by atoms with Crippen LogP contribution >= 0.6 is 0 Å². The van der Waals surface area contributed by atoms with Crippen LogP contribution in [0.5, 0.6) is 0 Å². The highest BCUT2D eigenvalue weighted by molar-refractivity contribution is 7.92. The third-order valence-corrected chi connectivity index (χ3v) is 9.51. The van der Waals surface area contributed by atoms with Gasteiger partial charge in [0.2, 0.25) is 15.9 Å². The molecule has 0 heterocycles. The molecule has 5 unspecified atom stereocenters. The third kappa shape index (κ3) is 3.26. The first kappa shape index (κ1) is 21.7. The van der Waals surface area contributed by atoms with Crippen LogP contribution in [0.3, 0.4) is 0 Å². The Kier molecular flexibility index (Phi) is 4.85. The highest BCUT2D eigenvalue weighted by Crippen LogP contribution is 2.67. The Balaban J connectivity index is 1.68. The van der Waals surface area contributed by atoms with E-state index in [0.29, 0.717) is 17.5 Å². The Hall–Kier alpha value is -1.56. The maximum Gasteiger partial charge on any atom is 0.229 e. The van der Waals surface area contributed by atoms with Gasteiger partial charge in [0.25, 0.3) is 0 Å². The number of fused-ring (bicyclic) bond motifs is 5. The molecule has 0 aliphatic heterocycles. The van der Waals surface area contributed by atoms with Crippen molar-refractivity contribution in [2.45, 2.75) is 78.2 Å². The fourth-order valence-electron chi connectivity index (χ4n) is 7.66. The molecule has 0 aromatic heterocycles. The maximum absolute atomic E-state index is 11.8.